The first-order valence-corrected chi connectivity index (χ1v) is 10.3. The minimum atomic E-state index is -3.64. The zero-order valence-electron chi connectivity index (χ0n) is 14.5. The molecule has 0 saturated carbocycles. The van der Waals surface area contributed by atoms with Crippen molar-refractivity contribution < 1.29 is 13.2 Å². The van der Waals surface area contributed by atoms with Gasteiger partial charge in [-0.25, -0.2) is 8.42 Å². The van der Waals surface area contributed by atoms with Crippen LogP contribution < -0.4 is 5.32 Å². The van der Waals surface area contributed by atoms with Gasteiger partial charge < -0.3 is 5.32 Å². The van der Waals surface area contributed by atoms with Crippen LogP contribution in [0.15, 0.2) is 53.4 Å². The van der Waals surface area contributed by atoms with E-state index in [1.807, 2.05) is 31.2 Å². The van der Waals surface area contributed by atoms with E-state index in [-0.39, 0.29) is 21.7 Å². The summed E-state index contributed by atoms with van der Waals surface area (Å²) >= 11 is 6.04. The number of carbonyl (C=O) groups is 1. The quantitative estimate of drug-likeness (QED) is 0.862. The summed E-state index contributed by atoms with van der Waals surface area (Å²) in [4.78, 5) is 12.6. The van der Waals surface area contributed by atoms with Crippen molar-refractivity contribution in [2.24, 2.45) is 5.92 Å². The third-order valence-electron chi connectivity index (χ3n) is 4.56. The Morgan fingerprint density at radius 3 is 2.46 bits per heavy atom. The van der Waals surface area contributed by atoms with E-state index in [2.05, 4.69) is 5.32 Å². The number of rotatable bonds is 4. The fourth-order valence-corrected chi connectivity index (χ4v) is 5.08. The van der Waals surface area contributed by atoms with Gasteiger partial charge >= 0.3 is 0 Å². The Labute approximate surface area is 159 Å². The predicted molar refractivity (Wildman–Crippen MR) is 103 cm³/mol. The average Bonchev–Trinajstić information content (AvgIpc) is 2.62. The van der Waals surface area contributed by atoms with Crippen molar-refractivity contribution in [2.45, 2.75) is 24.7 Å². The van der Waals surface area contributed by atoms with Crippen LogP contribution >= 0.6 is 11.6 Å². The summed E-state index contributed by atoms with van der Waals surface area (Å²) in [6.45, 7) is 2.58. The SMILES string of the molecule is Cc1cccc(NC(=O)C2CCN(S(=O)(=O)c3ccccc3Cl)CC2)c1. The Morgan fingerprint density at radius 1 is 1.12 bits per heavy atom. The Bertz CT molecular complexity index is 907. The number of sulfonamides is 1. The molecule has 0 atom stereocenters. The van der Waals surface area contributed by atoms with E-state index in [9.17, 15) is 13.2 Å². The molecule has 1 amide bonds. The molecule has 0 radical (unpaired) electrons. The van der Waals surface area contributed by atoms with Gasteiger partial charge in [0.2, 0.25) is 15.9 Å². The van der Waals surface area contributed by atoms with E-state index >= 15 is 0 Å². The summed E-state index contributed by atoms with van der Waals surface area (Å²) in [5.74, 6) is -0.265. The maximum atomic E-state index is 12.8. The molecule has 0 aromatic heterocycles. The van der Waals surface area contributed by atoms with E-state index in [0.29, 0.717) is 25.9 Å². The Kier molecular flexibility index (Phi) is 5.65. The van der Waals surface area contributed by atoms with Crippen molar-refractivity contribution >= 4 is 33.2 Å². The van der Waals surface area contributed by atoms with Crippen LogP contribution in [0.25, 0.3) is 0 Å². The number of amides is 1. The Hall–Kier alpha value is -1.89. The van der Waals surface area contributed by atoms with Gasteiger partial charge in [-0.05, 0) is 49.6 Å². The molecule has 1 fully saturated rings. The molecule has 1 aliphatic rings. The highest BCUT2D eigenvalue weighted by Crippen LogP contribution is 2.28. The number of nitrogens with one attached hydrogen (secondary N) is 1. The Balaban J connectivity index is 1.64. The molecule has 2 aromatic carbocycles. The lowest BCUT2D eigenvalue weighted by molar-refractivity contribution is -0.120. The van der Waals surface area contributed by atoms with Crippen molar-refractivity contribution in [1.29, 1.82) is 0 Å². The van der Waals surface area contributed by atoms with Crippen molar-refractivity contribution in [3.8, 4) is 0 Å². The van der Waals surface area contributed by atoms with E-state index in [0.717, 1.165) is 11.3 Å². The number of hydrogen-bond acceptors (Lipinski definition) is 3. The zero-order valence-corrected chi connectivity index (χ0v) is 16.1. The van der Waals surface area contributed by atoms with Crippen molar-refractivity contribution in [3.05, 3.63) is 59.1 Å². The van der Waals surface area contributed by atoms with Crippen LogP contribution in [-0.4, -0.2) is 31.7 Å². The lowest BCUT2D eigenvalue weighted by Crippen LogP contribution is -2.41. The lowest BCUT2D eigenvalue weighted by atomic mass is 9.97. The van der Waals surface area contributed by atoms with Crippen LogP contribution in [0.2, 0.25) is 5.02 Å². The highest BCUT2D eigenvalue weighted by atomic mass is 35.5. The highest BCUT2D eigenvalue weighted by Gasteiger charge is 2.33. The van der Waals surface area contributed by atoms with Crippen LogP contribution in [0.1, 0.15) is 18.4 Å². The van der Waals surface area contributed by atoms with Gasteiger partial charge in [0.25, 0.3) is 0 Å². The molecular formula is C19H21ClN2O3S. The number of piperidine rings is 1. The summed E-state index contributed by atoms with van der Waals surface area (Å²) in [6.07, 6.45) is 0.975. The number of halogens is 1. The average molecular weight is 393 g/mol. The van der Waals surface area contributed by atoms with E-state index in [1.165, 1.54) is 10.4 Å². The standard InChI is InChI=1S/C19H21ClN2O3S/c1-14-5-4-6-16(13-14)21-19(23)15-9-11-22(12-10-15)26(24,25)18-8-3-2-7-17(18)20/h2-8,13,15H,9-12H2,1H3,(H,21,23). The van der Waals surface area contributed by atoms with Gasteiger partial charge in [-0.15, -0.1) is 0 Å². The fourth-order valence-electron chi connectivity index (χ4n) is 3.12. The monoisotopic (exact) mass is 392 g/mol. The number of carbonyl (C=O) groups excluding carboxylic acids is 1. The van der Waals surface area contributed by atoms with Crippen molar-refractivity contribution in [1.82, 2.24) is 4.31 Å². The van der Waals surface area contributed by atoms with Crippen LogP contribution in [-0.2, 0) is 14.8 Å². The number of benzene rings is 2. The maximum absolute atomic E-state index is 12.8. The molecule has 0 unspecified atom stereocenters. The van der Waals surface area contributed by atoms with Gasteiger partial charge in [0, 0.05) is 24.7 Å². The zero-order chi connectivity index (χ0) is 18.7. The van der Waals surface area contributed by atoms with Gasteiger partial charge in [0.15, 0.2) is 0 Å². The molecule has 1 N–H and O–H groups in total. The minimum Gasteiger partial charge on any atom is -0.326 e. The van der Waals surface area contributed by atoms with Gasteiger partial charge in [-0.1, -0.05) is 35.9 Å². The minimum absolute atomic E-state index is 0.0645. The molecule has 26 heavy (non-hydrogen) atoms. The molecule has 0 bridgehead atoms. The largest absolute Gasteiger partial charge is 0.326 e. The molecule has 138 valence electrons. The first-order valence-electron chi connectivity index (χ1n) is 8.50. The van der Waals surface area contributed by atoms with Gasteiger partial charge in [0.05, 0.1) is 5.02 Å². The molecule has 3 rings (SSSR count). The summed E-state index contributed by atoms with van der Waals surface area (Å²) < 4.78 is 26.9. The molecule has 5 nitrogen and oxygen atoms in total. The third-order valence-corrected chi connectivity index (χ3v) is 6.96. The fraction of sp³-hybridized carbons (Fsp3) is 0.316. The van der Waals surface area contributed by atoms with Crippen LogP contribution in [0, 0.1) is 12.8 Å². The molecule has 1 aliphatic heterocycles. The number of hydrogen-bond donors (Lipinski definition) is 1. The maximum Gasteiger partial charge on any atom is 0.244 e. The first-order chi connectivity index (χ1) is 12.4. The molecule has 7 heteroatoms. The lowest BCUT2D eigenvalue weighted by Gasteiger charge is -2.30. The number of nitrogens with zero attached hydrogens (tertiary/aromatic N) is 1. The van der Waals surface area contributed by atoms with Gasteiger partial charge in [-0.3, -0.25) is 4.79 Å². The second-order valence-corrected chi connectivity index (χ2v) is 8.78. The van der Waals surface area contributed by atoms with Crippen LogP contribution in [0.3, 0.4) is 0 Å². The van der Waals surface area contributed by atoms with Crippen LogP contribution in [0.4, 0.5) is 5.69 Å². The summed E-state index contributed by atoms with van der Waals surface area (Å²) in [5, 5.41) is 3.13. The third kappa shape index (κ3) is 4.09. The molecule has 1 saturated heterocycles. The molecule has 0 aliphatic carbocycles. The van der Waals surface area contributed by atoms with Crippen LogP contribution in [0.5, 0.6) is 0 Å². The molecule has 1 heterocycles. The number of anilines is 1. The summed E-state index contributed by atoms with van der Waals surface area (Å²) in [7, 11) is -3.64. The molecule has 2 aromatic rings. The smallest absolute Gasteiger partial charge is 0.244 e. The topological polar surface area (TPSA) is 66.5 Å². The van der Waals surface area contributed by atoms with E-state index in [1.54, 1.807) is 18.2 Å². The van der Waals surface area contributed by atoms with Crippen molar-refractivity contribution in [3.63, 3.8) is 0 Å². The van der Waals surface area contributed by atoms with E-state index < -0.39 is 10.0 Å². The second kappa shape index (κ2) is 7.78. The van der Waals surface area contributed by atoms with E-state index in [4.69, 9.17) is 11.6 Å². The highest BCUT2D eigenvalue weighted by molar-refractivity contribution is 7.89. The molecular weight excluding hydrogens is 372 g/mol. The van der Waals surface area contributed by atoms with Crippen molar-refractivity contribution in [2.75, 3.05) is 18.4 Å². The summed E-state index contributed by atoms with van der Waals surface area (Å²) in [5.41, 5.74) is 1.84. The number of aryl methyl sites for hydroxylation is 1. The Morgan fingerprint density at radius 2 is 1.81 bits per heavy atom. The summed E-state index contributed by atoms with van der Waals surface area (Å²) in [6, 6.07) is 14.0. The molecule has 0 spiro atoms. The second-order valence-electron chi connectivity index (χ2n) is 6.47. The van der Waals surface area contributed by atoms with Gasteiger partial charge in [-0.2, -0.15) is 4.31 Å². The van der Waals surface area contributed by atoms with Gasteiger partial charge in [0.1, 0.15) is 4.90 Å². The first kappa shape index (κ1) is 18.9. The predicted octanol–water partition coefficient (Wildman–Crippen LogP) is 3.69. The normalized spacial score (nSPS) is 16.4.